The van der Waals surface area contributed by atoms with E-state index in [-0.39, 0.29) is 5.54 Å². The van der Waals surface area contributed by atoms with Gasteiger partial charge in [0.25, 0.3) is 0 Å². The van der Waals surface area contributed by atoms with Crippen molar-refractivity contribution in [3.63, 3.8) is 0 Å². The average molecular weight is 322 g/mol. The number of aryl methyl sites for hydroxylation is 2. The van der Waals surface area contributed by atoms with Crippen LogP contribution in [0.4, 0.5) is 5.82 Å². The molecule has 2 rings (SSSR count). The third kappa shape index (κ3) is 2.54. The largest absolute Gasteiger partial charge is 0.383 e. The molecule has 0 radical (unpaired) electrons. The molecule has 19 heavy (non-hydrogen) atoms. The van der Waals surface area contributed by atoms with E-state index >= 15 is 0 Å². The summed E-state index contributed by atoms with van der Waals surface area (Å²) < 4.78 is 3.18. The van der Waals surface area contributed by atoms with Crippen molar-refractivity contribution in [2.45, 2.75) is 40.2 Å². The van der Waals surface area contributed by atoms with Gasteiger partial charge in [0.15, 0.2) is 0 Å². The number of nitrogens with zero attached hydrogens (tertiary/aromatic N) is 2. The van der Waals surface area contributed by atoms with Gasteiger partial charge in [-0.1, -0.05) is 22.0 Å². The molecule has 0 spiro atoms. The topological polar surface area (TPSA) is 43.8 Å². The summed E-state index contributed by atoms with van der Waals surface area (Å²) in [4.78, 5) is 4.64. The number of nitrogen functional groups attached to an aromatic ring is 1. The molecule has 0 amide bonds. The van der Waals surface area contributed by atoms with Crippen LogP contribution < -0.4 is 5.73 Å². The first-order chi connectivity index (χ1) is 8.71. The second-order valence-electron chi connectivity index (χ2n) is 5.86. The van der Waals surface area contributed by atoms with Crippen LogP contribution in [0, 0.1) is 13.8 Å². The Morgan fingerprint density at radius 3 is 2.32 bits per heavy atom. The van der Waals surface area contributed by atoms with Gasteiger partial charge in [-0.15, -0.1) is 0 Å². The van der Waals surface area contributed by atoms with Crippen molar-refractivity contribution >= 4 is 21.7 Å². The summed E-state index contributed by atoms with van der Waals surface area (Å²) in [6, 6.07) is 6.19. The molecule has 4 heteroatoms. The summed E-state index contributed by atoms with van der Waals surface area (Å²) in [5.41, 5.74) is 9.34. The van der Waals surface area contributed by atoms with Gasteiger partial charge in [-0.3, -0.25) is 0 Å². The second kappa shape index (κ2) is 4.67. The number of halogens is 1. The number of nitrogens with two attached hydrogens (primary N) is 1. The Bertz CT molecular complexity index is 621. The van der Waals surface area contributed by atoms with Crippen LogP contribution in [0.1, 0.15) is 32.2 Å². The van der Waals surface area contributed by atoms with Gasteiger partial charge in [0.2, 0.25) is 0 Å². The molecule has 0 fully saturated rings. The number of anilines is 1. The fraction of sp³-hybridized carbons (Fsp3) is 0.400. The molecule has 1 heterocycles. The molecule has 1 aromatic carbocycles. The van der Waals surface area contributed by atoms with Gasteiger partial charge in [0.05, 0.1) is 0 Å². The standard InChI is InChI=1S/C15H20BrN3/c1-9-8-11(6-7-12(9)16)13-14(17)19(10(2)18-13)15(3,4)5/h6-8H,17H2,1-5H3. The van der Waals surface area contributed by atoms with Gasteiger partial charge < -0.3 is 10.3 Å². The molecule has 102 valence electrons. The summed E-state index contributed by atoms with van der Waals surface area (Å²) in [6.45, 7) is 10.5. The zero-order chi connectivity index (χ0) is 14.4. The van der Waals surface area contributed by atoms with E-state index in [1.165, 1.54) is 5.56 Å². The highest BCUT2D eigenvalue weighted by Gasteiger charge is 2.22. The first-order valence-corrected chi connectivity index (χ1v) is 7.13. The highest BCUT2D eigenvalue weighted by Crippen LogP contribution is 2.32. The summed E-state index contributed by atoms with van der Waals surface area (Å²) in [7, 11) is 0. The van der Waals surface area contributed by atoms with Crippen molar-refractivity contribution in [2.24, 2.45) is 0 Å². The summed E-state index contributed by atoms with van der Waals surface area (Å²) >= 11 is 3.51. The highest BCUT2D eigenvalue weighted by molar-refractivity contribution is 9.10. The van der Waals surface area contributed by atoms with Crippen molar-refractivity contribution in [2.75, 3.05) is 5.73 Å². The lowest BCUT2D eigenvalue weighted by molar-refractivity contribution is 0.393. The minimum absolute atomic E-state index is 0.0656. The van der Waals surface area contributed by atoms with E-state index in [9.17, 15) is 0 Å². The molecule has 0 aliphatic rings. The zero-order valence-electron chi connectivity index (χ0n) is 12.1. The molecule has 0 aliphatic heterocycles. The van der Waals surface area contributed by atoms with Crippen LogP contribution in [-0.4, -0.2) is 9.55 Å². The number of rotatable bonds is 1. The van der Waals surface area contributed by atoms with E-state index < -0.39 is 0 Å². The molecule has 1 aromatic heterocycles. The van der Waals surface area contributed by atoms with E-state index in [1.807, 2.05) is 19.1 Å². The fourth-order valence-electron chi connectivity index (χ4n) is 2.40. The normalized spacial score (nSPS) is 11.9. The van der Waals surface area contributed by atoms with Crippen molar-refractivity contribution in [1.82, 2.24) is 9.55 Å². The predicted molar refractivity (Wildman–Crippen MR) is 84.2 cm³/mol. The molecule has 0 atom stereocenters. The van der Waals surface area contributed by atoms with Gasteiger partial charge >= 0.3 is 0 Å². The van der Waals surface area contributed by atoms with Crippen LogP contribution >= 0.6 is 15.9 Å². The number of hydrogen-bond donors (Lipinski definition) is 1. The first-order valence-electron chi connectivity index (χ1n) is 6.33. The van der Waals surface area contributed by atoms with Gasteiger partial charge in [0, 0.05) is 15.6 Å². The first kappa shape index (κ1) is 14.1. The Kier molecular flexibility index (Phi) is 3.47. The number of hydrogen-bond acceptors (Lipinski definition) is 2. The quantitative estimate of drug-likeness (QED) is 0.852. The Morgan fingerprint density at radius 1 is 1.21 bits per heavy atom. The van der Waals surface area contributed by atoms with E-state index in [4.69, 9.17) is 5.73 Å². The van der Waals surface area contributed by atoms with Gasteiger partial charge in [-0.25, -0.2) is 4.98 Å². The molecule has 2 N–H and O–H groups in total. The molecular weight excluding hydrogens is 302 g/mol. The summed E-state index contributed by atoms with van der Waals surface area (Å²) in [5, 5.41) is 0. The second-order valence-corrected chi connectivity index (χ2v) is 6.72. The molecule has 3 nitrogen and oxygen atoms in total. The van der Waals surface area contributed by atoms with Crippen LogP contribution in [0.5, 0.6) is 0 Å². The molecule has 2 aromatic rings. The van der Waals surface area contributed by atoms with Crippen molar-refractivity contribution in [3.05, 3.63) is 34.1 Å². The Hall–Kier alpha value is -1.29. The van der Waals surface area contributed by atoms with Gasteiger partial charge in [0.1, 0.15) is 17.3 Å². The lowest BCUT2D eigenvalue weighted by atomic mass is 10.1. The minimum Gasteiger partial charge on any atom is -0.383 e. The van der Waals surface area contributed by atoms with E-state index in [2.05, 4.69) is 59.2 Å². The molecule has 0 saturated carbocycles. The van der Waals surface area contributed by atoms with E-state index in [0.717, 1.165) is 27.4 Å². The van der Waals surface area contributed by atoms with Crippen molar-refractivity contribution in [1.29, 1.82) is 0 Å². The molecular formula is C15H20BrN3. The van der Waals surface area contributed by atoms with Gasteiger partial charge in [-0.05, 0) is 52.3 Å². The number of benzene rings is 1. The van der Waals surface area contributed by atoms with Crippen LogP contribution in [0.2, 0.25) is 0 Å². The van der Waals surface area contributed by atoms with E-state index in [0.29, 0.717) is 0 Å². The van der Waals surface area contributed by atoms with Gasteiger partial charge in [-0.2, -0.15) is 0 Å². The predicted octanol–water partition coefficient (Wildman–Crippen LogP) is 4.27. The summed E-state index contributed by atoms with van der Waals surface area (Å²) in [6.07, 6.45) is 0. The third-order valence-corrected chi connectivity index (χ3v) is 4.07. The summed E-state index contributed by atoms with van der Waals surface area (Å²) in [5.74, 6) is 1.67. The SMILES string of the molecule is Cc1cc(-c2nc(C)n(C(C)(C)C)c2N)ccc1Br. The molecule has 0 bridgehead atoms. The van der Waals surface area contributed by atoms with Crippen LogP contribution in [-0.2, 0) is 5.54 Å². The van der Waals surface area contributed by atoms with Crippen LogP contribution in [0.3, 0.4) is 0 Å². The smallest absolute Gasteiger partial charge is 0.132 e. The Morgan fingerprint density at radius 2 is 1.84 bits per heavy atom. The van der Waals surface area contributed by atoms with Crippen LogP contribution in [0.15, 0.2) is 22.7 Å². The lowest BCUT2D eigenvalue weighted by Crippen LogP contribution is -2.24. The fourth-order valence-corrected chi connectivity index (χ4v) is 2.65. The maximum atomic E-state index is 6.30. The monoisotopic (exact) mass is 321 g/mol. The highest BCUT2D eigenvalue weighted by atomic mass is 79.9. The van der Waals surface area contributed by atoms with Crippen molar-refractivity contribution in [3.8, 4) is 11.3 Å². The zero-order valence-corrected chi connectivity index (χ0v) is 13.7. The maximum absolute atomic E-state index is 6.30. The van der Waals surface area contributed by atoms with Crippen molar-refractivity contribution < 1.29 is 0 Å². The molecule has 0 unspecified atom stereocenters. The maximum Gasteiger partial charge on any atom is 0.132 e. The van der Waals surface area contributed by atoms with Crippen LogP contribution in [0.25, 0.3) is 11.3 Å². The number of aromatic nitrogens is 2. The minimum atomic E-state index is -0.0656. The molecule has 0 aliphatic carbocycles. The van der Waals surface area contributed by atoms with E-state index in [1.54, 1.807) is 0 Å². The lowest BCUT2D eigenvalue weighted by Gasteiger charge is -2.24. The molecule has 0 saturated heterocycles. The number of imidazole rings is 1. The average Bonchev–Trinajstić information content (AvgIpc) is 2.57. The third-order valence-electron chi connectivity index (χ3n) is 3.18. The Labute approximate surface area is 123 Å². The Balaban J connectivity index is 2.61.